The monoisotopic (exact) mass is 326 g/mol. The molecule has 1 aromatic heterocycles. The van der Waals surface area contributed by atoms with E-state index in [2.05, 4.69) is 20.9 Å². The molecule has 6 heteroatoms. The Morgan fingerprint density at radius 1 is 1.56 bits per heavy atom. The Morgan fingerprint density at radius 3 is 3.06 bits per heavy atom. The predicted octanol–water partition coefficient (Wildman–Crippen LogP) is 3.12. The number of carbonyl (C=O) groups is 1. The van der Waals surface area contributed by atoms with E-state index in [9.17, 15) is 4.79 Å². The maximum atomic E-state index is 10.6. The molecule has 0 unspecified atom stereocenters. The lowest BCUT2D eigenvalue weighted by Crippen LogP contribution is -2.02. The maximum absolute atomic E-state index is 10.6. The Morgan fingerprint density at radius 2 is 2.33 bits per heavy atom. The Kier molecular flexibility index (Phi) is 4.08. The highest BCUT2D eigenvalue weighted by atomic mass is 79.9. The van der Waals surface area contributed by atoms with Crippen molar-refractivity contribution in [1.29, 1.82) is 0 Å². The number of nitrogens with zero attached hydrogens (tertiary/aromatic N) is 2. The molecule has 0 spiro atoms. The van der Waals surface area contributed by atoms with Gasteiger partial charge in [-0.3, -0.25) is 9.36 Å². The van der Waals surface area contributed by atoms with Crippen molar-refractivity contribution >= 4 is 33.7 Å². The zero-order chi connectivity index (χ0) is 13.1. The van der Waals surface area contributed by atoms with Crippen molar-refractivity contribution < 1.29 is 9.90 Å². The molecule has 18 heavy (non-hydrogen) atoms. The van der Waals surface area contributed by atoms with Crippen LogP contribution in [0, 0.1) is 6.92 Å². The average molecular weight is 327 g/mol. The highest BCUT2D eigenvalue weighted by Crippen LogP contribution is 2.26. The largest absolute Gasteiger partial charge is 0.481 e. The first kappa shape index (κ1) is 13.2. The second kappa shape index (κ2) is 5.58. The molecule has 1 heterocycles. The molecule has 2 rings (SSSR count). The standard InChI is InChI=1S/C12H11BrN2O2S/c1-8-2-3-9(13)10(6-8)15-5-4-14-12(15)18-7-11(16)17/h2-6H,7H2,1H3,(H,16,17). The van der Waals surface area contributed by atoms with Gasteiger partial charge in [-0.25, -0.2) is 4.98 Å². The molecule has 0 radical (unpaired) electrons. The fraction of sp³-hybridized carbons (Fsp3) is 0.167. The minimum Gasteiger partial charge on any atom is -0.481 e. The molecule has 0 fully saturated rings. The Labute approximate surface area is 117 Å². The van der Waals surface area contributed by atoms with E-state index in [4.69, 9.17) is 5.11 Å². The van der Waals surface area contributed by atoms with Crippen LogP contribution in [0.5, 0.6) is 0 Å². The average Bonchev–Trinajstić information content (AvgIpc) is 2.77. The molecular weight excluding hydrogens is 316 g/mol. The van der Waals surface area contributed by atoms with E-state index in [1.807, 2.05) is 35.9 Å². The summed E-state index contributed by atoms with van der Waals surface area (Å²) in [6, 6.07) is 6.00. The van der Waals surface area contributed by atoms with E-state index in [0.29, 0.717) is 5.16 Å². The summed E-state index contributed by atoms with van der Waals surface area (Å²) < 4.78 is 2.83. The van der Waals surface area contributed by atoms with E-state index in [-0.39, 0.29) is 5.75 Å². The number of carboxylic acids is 1. The molecule has 0 saturated carbocycles. The second-order valence-corrected chi connectivity index (χ2v) is 5.51. The van der Waals surface area contributed by atoms with Crippen LogP contribution in [-0.2, 0) is 4.79 Å². The smallest absolute Gasteiger partial charge is 0.313 e. The quantitative estimate of drug-likeness (QED) is 0.877. The number of rotatable bonds is 4. The SMILES string of the molecule is Cc1ccc(Br)c(-n2ccnc2SCC(=O)O)c1. The third kappa shape index (κ3) is 2.94. The molecule has 0 aliphatic heterocycles. The Balaban J connectivity index is 2.36. The lowest BCUT2D eigenvalue weighted by Gasteiger charge is -2.09. The molecule has 94 valence electrons. The zero-order valence-corrected chi connectivity index (χ0v) is 12.0. The summed E-state index contributed by atoms with van der Waals surface area (Å²) in [5.41, 5.74) is 2.09. The lowest BCUT2D eigenvalue weighted by molar-refractivity contribution is -0.133. The molecule has 0 atom stereocenters. The van der Waals surface area contributed by atoms with Gasteiger partial charge >= 0.3 is 5.97 Å². The highest BCUT2D eigenvalue weighted by molar-refractivity contribution is 9.10. The predicted molar refractivity (Wildman–Crippen MR) is 74.4 cm³/mol. The van der Waals surface area contributed by atoms with E-state index in [1.165, 1.54) is 11.8 Å². The Bertz CT molecular complexity index is 583. The van der Waals surface area contributed by atoms with Gasteiger partial charge in [-0.1, -0.05) is 17.8 Å². The molecule has 2 aromatic rings. The minimum atomic E-state index is -0.849. The molecule has 0 amide bonds. The third-order valence-corrected chi connectivity index (χ3v) is 3.91. The van der Waals surface area contributed by atoms with Gasteiger partial charge in [0.2, 0.25) is 0 Å². The molecule has 0 aliphatic carbocycles. The van der Waals surface area contributed by atoms with Gasteiger partial charge in [0.15, 0.2) is 5.16 Å². The number of hydrogen-bond donors (Lipinski definition) is 1. The van der Waals surface area contributed by atoms with E-state index >= 15 is 0 Å². The first-order valence-electron chi connectivity index (χ1n) is 5.22. The van der Waals surface area contributed by atoms with Crippen molar-refractivity contribution in [2.75, 3.05) is 5.75 Å². The first-order chi connectivity index (χ1) is 8.58. The molecule has 0 bridgehead atoms. The fourth-order valence-corrected chi connectivity index (χ4v) is 2.64. The van der Waals surface area contributed by atoms with Crippen LogP contribution in [0.4, 0.5) is 0 Å². The van der Waals surface area contributed by atoms with Crippen LogP contribution in [0.3, 0.4) is 0 Å². The van der Waals surface area contributed by atoms with Crippen LogP contribution in [-0.4, -0.2) is 26.4 Å². The van der Waals surface area contributed by atoms with Crippen molar-refractivity contribution in [2.24, 2.45) is 0 Å². The summed E-state index contributed by atoms with van der Waals surface area (Å²) in [5.74, 6) is -0.849. The van der Waals surface area contributed by atoms with Gasteiger partial charge in [-0.15, -0.1) is 0 Å². The summed E-state index contributed by atoms with van der Waals surface area (Å²) in [6.45, 7) is 2.01. The van der Waals surface area contributed by atoms with Crippen LogP contribution in [0.25, 0.3) is 5.69 Å². The number of carboxylic acid groups (broad SMARTS) is 1. The van der Waals surface area contributed by atoms with E-state index < -0.39 is 5.97 Å². The van der Waals surface area contributed by atoms with Crippen LogP contribution in [0.15, 0.2) is 40.2 Å². The van der Waals surface area contributed by atoms with Gasteiger partial charge in [0.1, 0.15) is 0 Å². The maximum Gasteiger partial charge on any atom is 0.313 e. The number of benzene rings is 1. The Hall–Kier alpha value is -1.27. The van der Waals surface area contributed by atoms with Gasteiger partial charge in [-0.05, 0) is 40.5 Å². The van der Waals surface area contributed by atoms with Gasteiger partial charge in [0.05, 0.1) is 11.4 Å². The topological polar surface area (TPSA) is 55.1 Å². The summed E-state index contributed by atoms with van der Waals surface area (Å²) in [4.78, 5) is 14.8. The van der Waals surface area contributed by atoms with Crippen molar-refractivity contribution in [1.82, 2.24) is 9.55 Å². The lowest BCUT2D eigenvalue weighted by atomic mass is 10.2. The zero-order valence-electron chi connectivity index (χ0n) is 9.63. The van der Waals surface area contributed by atoms with Crippen molar-refractivity contribution in [3.63, 3.8) is 0 Å². The molecule has 0 aliphatic rings. The van der Waals surface area contributed by atoms with Crippen molar-refractivity contribution in [3.8, 4) is 5.69 Å². The molecule has 1 aromatic carbocycles. The summed E-state index contributed by atoms with van der Waals surface area (Å²) >= 11 is 4.69. The van der Waals surface area contributed by atoms with Crippen LogP contribution >= 0.6 is 27.7 Å². The van der Waals surface area contributed by atoms with Crippen LogP contribution in [0.1, 0.15) is 5.56 Å². The summed E-state index contributed by atoms with van der Waals surface area (Å²) in [7, 11) is 0. The fourth-order valence-electron chi connectivity index (χ4n) is 1.51. The van der Waals surface area contributed by atoms with Gasteiger partial charge in [0.25, 0.3) is 0 Å². The molecule has 1 N–H and O–H groups in total. The first-order valence-corrected chi connectivity index (χ1v) is 7.00. The van der Waals surface area contributed by atoms with Gasteiger partial charge < -0.3 is 5.11 Å². The number of hydrogen-bond acceptors (Lipinski definition) is 3. The normalized spacial score (nSPS) is 10.6. The third-order valence-electron chi connectivity index (χ3n) is 2.29. The molecule has 4 nitrogen and oxygen atoms in total. The summed E-state index contributed by atoms with van der Waals surface area (Å²) in [5, 5.41) is 9.38. The number of aliphatic carboxylic acids is 1. The number of aryl methyl sites for hydroxylation is 1. The van der Waals surface area contributed by atoms with Gasteiger partial charge in [0, 0.05) is 16.9 Å². The second-order valence-electron chi connectivity index (χ2n) is 3.72. The number of imidazole rings is 1. The summed E-state index contributed by atoms with van der Waals surface area (Å²) in [6.07, 6.45) is 3.49. The van der Waals surface area contributed by atoms with Crippen LogP contribution < -0.4 is 0 Å². The van der Waals surface area contributed by atoms with Crippen LogP contribution in [0.2, 0.25) is 0 Å². The van der Waals surface area contributed by atoms with Gasteiger partial charge in [-0.2, -0.15) is 0 Å². The van der Waals surface area contributed by atoms with Crippen molar-refractivity contribution in [3.05, 3.63) is 40.6 Å². The molecule has 0 saturated heterocycles. The molecular formula is C12H11BrN2O2S. The number of thioether (sulfide) groups is 1. The minimum absolute atomic E-state index is 0.000445. The highest BCUT2D eigenvalue weighted by Gasteiger charge is 2.10. The van der Waals surface area contributed by atoms with E-state index in [0.717, 1.165) is 15.7 Å². The van der Waals surface area contributed by atoms with Crippen molar-refractivity contribution in [2.45, 2.75) is 12.1 Å². The number of aromatic nitrogens is 2. The number of halogens is 1. The van der Waals surface area contributed by atoms with E-state index in [1.54, 1.807) is 6.20 Å².